The fourth-order valence-electron chi connectivity index (χ4n) is 3.73. The molecule has 32 heavy (non-hydrogen) atoms. The van der Waals surface area contributed by atoms with Gasteiger partial charge >= 0.3 is 0 Å². The molecule has 1 aliphatic heterocycles. The predicted octanol–water partition coefficient (Wildman–Crippen LogP) is -0.615. The minimum Gasteiger partial charge on any atom is -0.382 e. The number of sulfone groups is 1. The van der Waals surface area contributed by atoms with Gasteiger partial charge < -0.3 is 11.1 Å². The third kappa shape index (κ3) is 3.05. The van der Waals surface area contributed by atoms with Gasteiger partial charge in [0, 0.05) is 24.0 Å². The lowest BCUT2D eigenvalue weighted by atomic mass is 9.97. The highest BCUT2D eigenvalue weighted by atomic mass is 32.2. The number of rotatable bonds is 5. The van der Waals surface area contributed by atoms with Gasteiger partial charge in [-0.2, -0.15) is 10.3 Å². The standard InChI is InChI=1S/C17H17N9O4S2/c18-16-11-3-1-2-10(14(11)21-22-16)9-4-5-12(31(27,28)8-6-20-7-8)15(32(19,29)30)13(9)17-23-25-26-24-17/h1-5,8,20H,6-7H2,(H3,18,21,22)(H2,19,29,30)(H,23,24,25,26). The number of nitrogens with zero attached hydrogens (tertiary/aromatic N) is 4. The van der Waals surface area contributed by atoms with E-state index in [-0.39, 0.29) is 30.3 Å². The fourth-order valence-corrected chi connectivity index (χ4v) is 6.92. The molecule has 2 aromatic carbocycles. The zero-order valence-corrected chi connectivity index (χ0v) is 17.9. The summed E-state index contributed by atoms with van der Waals surface area (Å²) in [6, 6.07) is 7.89. The van der Waals surface area contributed by atoms with Crippen LogP contribution in [0.2, 0.25) is 0 Å². The molecule has 3 heterocycles. The van der Waals surface area contributed by atoms with Gasteiger partial charge in [0.2, 0.25) is 15.8 Å². The summed E-state index contributed by atoms with van der Waals surface area (Å²) in [6.07, 6.45) is 0. The zero-order valence-electron chi connectivity index (χ0n) is 16.3. The average Bonchev–Trinajstić information content (AvgIpc) is 3.35. The number of aromatic amines is 2. The first-order valence-electron chi connectivity index (χ1n) is 9.30. The minimum atomic E-state index is -4.54. The lowest BCUT2D eigenvalue weighted by Crippen LogP contribution is -2.51. The van der Waals surface area contributed by atoms with Crippen LogP contribution < -0.4 is 16.2 Å². The number of para-hydroxylation sites is 1. The van der Waals surface area contributed by atoms with E-state index in [1.807, 2.05) is 0 Å². The Kier molecular flexibility index (Phi) is 4.52. The van der Waals surface area contributed by atoms with E-state index in [1.54, 1.807) is 18.2 Å². The minimum absolute atomic E-state index is 0.0877. The van der Waals surface area contributed by atoms with E-state index in [4.69, 9.17) is 10.9 Å². The van der Waals surface area contributed by atoms with Crippen molar-refractivity contribution in [1.29, 1.82) is 0 Å². The molecule has 1 aliphatic rings. The average molecular weight is 476 g/mol. The summed E-state index contributed by atoms with van der Waals surface area (Å²) < 4.78 is 52.0. The smallest absolute Gasteiger partial charge is 0.240 e. The number of fused-ring (bicyclic) bond motifs is 1. The molecule has 0 radical (unpaired) electrons. The second-order valence-electron chi connectivity index (χ2n) is 7.26. The molecule has 5 rings (SSSR count). The Hall–Kier alpha value is -3.40. The summed E-state index contributed by atoms with van der Waals surface area (Å²) in [5.74, 6) is 0.128. The van der Waals surface area contributed by atoms with E-state index in [0.29, 0.717) is 22.0 Å². The number of hydrogen-bond acceptors (Lipinski definition) is 10. The molecule has 0 bridgehead atoms. The maximum absolute atomic E-state index is 13.2. The number of H-pyrrole nitrogens is 2. The van der Waals surface area contributed by atoms with Crippen molar-refractivity contribution in [3.05, 3.63) is 30.3 Å². The third-order valence-corrected chi connectivity index (χ3v) is 8.67. The monoisotopic (exact) mass is 475 g/mol. The topological polar surface area (TPSA) is 215 Å². The molecule has 166 valence electrons. The van der Waals surface area contributed by atoms with Gasteiger partial charge in [-0.15, -0.1) is 10.2 Å². The molecule has 1 fully saturated rings. The Balaban J connectivity index is 1.91. The quantitative estimate of drug-likeness (QED) is 0.246. The Morgan fingerprint density at radius 3 is 2.41 bits per heavy atom. The first kappa shape index (κ1) is 20.5. The highest BCUT2D eigenvalue weighted by Gasteiger charge is 2.38. The number of nitrogens with two attached hydrogens (primary N) is 2. The van der Waals surface area contributed by atoms with E-state index < -0.39 is 34.9 Å². The Bertz CT molecular complexity index is 1560. The maximum atomic E-state index is 13.2. The summed E-state index contributed by atoms with van der Waals surface area (Å²) in [7, 11) is -8.56. The Labute approximate surface area is 181 Å². The number of tetrazole rings is 1. The second-order valence-corrected chi connectivity index (χ2v) is 11.0. The largest absolute Gasteiger partial charge is 0.382 e. The van der Waals surface area contributed by atoms with Crippen LogP contribution in [0.1, 0.15) is 0 Å². The summed E-state index contributed by atoms with van der Waals surface area (Å²) in [4.78, 5) is -1.00. The molecule has 0 atom stereocenters. The SMILES string of the molecule is Nc1n[nH]c2c(-c3ccc(S(=O)(=O)C4CNC4)c(S(N)(=O)=O)c3-c3nn[nH]n3)cccc12. The molecule has 0 amide bonds. The number of hydrogen-bond donors (Lipinski definition) is 5. The normalized spacial score (nSPS) is 15.2. The van der Waals surface area contributed by atoms with Crippen LogP contribution in [0, 0.1) is 0 Å². The van der Waals surface area contributed by atoms with Crippen LogP contribution in [0.3, 0.4) is 0 Å². The van der Waals surface area contributed by atoms with Gasteiger partial charge in [0.1, 0.15) is 4.90 Å². The Morgan fingerprint density at radius 2 is 1.78 bits per heavy atom. The van der Waals surface area contributed by atoms with Gasteiger partial charge in [0.15, 0.2) is 15.7 Å². The van der Waals surface area contributed by atoms with E-state index >= 15 is 0 Å². The molecule has 0 spiro atoms. The highest BCUT2D eigenvalue weighted by molar-refractivity contribution is 7.94. The Morgan fingerprint density at radius 1 is 1.00 bits per heavy atom. The van der Waals surface area contributed by atoms with Crippen LogP contribution in [0.5, 0.6) is 0 Å². The van der Waals surface area contributed by atoms with Crippen molar-refractivity contribution >= 4 is 36.6 Å². The van der Waals surface area contributed by atoms with Gasteiger partial charge in [0.25, 0.3) is 0 Å². The predicted molar refractivity (Wildman–Crippen MR) is 114 cm³/mol. The van der Waals surface area contributed by atoms with Crippen LogP contribution in [0.25, 0.3) is 33.4 Å². The van der Waals surface area contributed by atoms with Crippen LogP contribution in [0.4, 0.5) is 5.82 Å². The summed E-state index contributed by atoms with van der Waals surface area (Å²) in [6.45, 7) is 0.414. The fraction of sp³-hybridized carbons (Fsp3) is 0.176. The van der Waals surface area contributed by atoms with Gasteiger partial charge in [-0.05, 0) is 22.9 Å². The van der Waals surface area contributed by atoms with Crippen LogP contribution in [-0.2, 0) is 19.9 Å². The number of nitrogen functional groups attached to an aromatic ring is 1. The molecule has 7 N–H and O–H groups in total. The molecule has 0 unspecified atom stereocenters. The molecule has 13 nitrogen and oxygen atoms in total. The number of anilines is 1. The molecule has 4 aromatic rings. The van der Waals surface area contributed by atoms with Crippen molar-refractivity contribution < 1.29 is 16.8 Å². The van der Waals surface area contributed by atoms with Crippen LogP contribution >= 0.6 is 0 Å². The number of sulfonamides is 1. The number of nitrogens with one attached hydrogen (secondary N) is 3. The molecular weight excluding hydrogens is 458 g/mol. The third-order valence-electron chi connectivity index (χ3n) is 5.38. The van der Waals surface area contributed by atoms with Gasteiger partial charge in [0.05, 0.1) is 21.2 Å². The van der Waals surface area contributed by atoms with Crippen molar-refractivity contribution in [2.75, 3.05) is 18.8 Å². The van der Waals surface area contributed by atoms with Crippen LogP contribution in [-0.4, -0.2) is 66.0 Å². The van der Waals surface area contributed by atoms with Crippen molar-refractivity contribution in [2.45, 2.75) is 15.0 Å². The van der Waals surface area contributed by atoms with E-state index in [0.717, 1.165) is 0 Å². The van der Waals surface area contributed by atoms with Crippen molar-refractivity contribution in [3.63, 3.8) is 0 Å². The first-order valence-corrected chi connectivity index (χ1v) is 12.4. The van der Waals surface area contributed by atoms with Gasteiger partial charge in [-0.1, -0.05) is 18.2 Å². The van der Waals surface area contributed by atoms with E-state index in [9.17, 15) is 16.8 Å². The zero-order chi connectivity index (χ0) is 22.7. The molecule has 0 aliphatic carbocycles. The maximum Gasteiger partial charge on any atom is 0.240 e. The van der Waals surface area contributed by atoms with E-state index in [2.05, 4.69) is 36.1 Å². The number of benzene rings is 2. The molecule has 15 heteroatoms. The summed E-state index contributed by atoms with van der Waals surface area (Å²) >= 11 is 0. The molecule has 0 saturated carbocycles. The summed E-state index contributed by atoms with van der Waals surface area (Å²) in [5, 5.41) is 28.7. The number of aromatic nitrogens is 6. The molecule has 1 saturated heterocycles. The van der Waals surface area contributed by atoms with Crippen molar-refractivity contribution in [1.82, 2.24) is 36.1 Å². The van der Waals surface area contributed by atoms with Gasteiger partial charge in [-0.25, -0.2) is 22.0 Å². The van der Waals surface area contributed by atoms with Crippen molar-refractivity contribution in [3.8, 4) is 22.5 Å². The van der Waals surface area contributed by atoms with Crippen LogP contribution in [0.15, 0.2) is 40.1 Å². The lowest BCUT2D eigenvalue weighted by molar-refractivity contribution is 0.493. The summed E-state index contributed by atoms with van der Waals surface area (Å²) in [5.41, 5.74) is 7.16. The highest BCUT2D eigenvalue weighted by Crippen LogP contribution is 2.41. The second kappa shape index (κ2) is 7.06. The molecular formula is C17H17N9O4S2. The first-order chi connectivity index (χ1) is 15.2. The van der Waals surface area contributed by atoms with E-state index in [1.165, 1.54) is 12.1 Å². The van der Waals surface area contributed by atoms with Crippen molar-refractivity contribution in [2.24, 2.45) is 5.14 Å². The lowest BCUT2D eigenvalue weighted by Gasteiger charge is -2.28. The molecule has 2 aromatic heterocycles. The number of primary sulfonamides is 1. The van der Waals surface area contributed by atoms with Gasteiger partial charge in [-0.3, -0.25) is 5.10 Å².